The van der Waals surface area contributed by atoms with Crippen LogP contribution < -0.4 is 5.32 Å². The first-order chi connectivity index (χ1) is 7.65. The fourth-order valence-electron chi connectivity index (χ4n) is 1.32. The molecule has 0 spiro atoms. The third-order valence-corrected chi connectivity index (χ3v) is 3.14. The average Bonchev–Trinajstić information content (AvgIpc) is 2.15. The van der Waals surface area contributed by atoms with Crippen LogP contribution in [0.1, 0.15) is 32.8 Å². The molecule has 0 aliphatic carbocycles. The Morgan fingerprint density at radius 3 is 2.29 bits per heavy atom. The number of rotatable bonds is 3. The van der Waals surface area contributed by atoms with Crippen molar-refractivity contribution in [2.45, 2.75) is 38.9 Å². The Morgan fingerprint density at radius 2 is 1.82 bits per heavy atom. The van der Waals surface area contributed by atoms with E-state index in [0.29, 0.717) is 4.47 Å². The summed E-state index contributed by atoms with van der Waals surface area (Å²) in [6.07, 6.45) is -3.61. The van der Waals surface area contributed by atoms with Gasteiger partial charge in [0.1, 0.15) is 0 Å². The molecule has 1 rings (SSSR count). The molecule has 0 saturated carbocycles. The second-order valence-electron chi connectivity index (χ2n) is 4.55. The first kappa shape index (κ1) is 14.4. The van der Waals surface area contributed by atoms with E-state index >= 15 is 0 Å². The quantitative estimate of drug-likeness (QED) is 0.822. The molecule has 0 bridgehead atoms. The van der Waals surface area contributed by atoms with Crippen molar-refractivity contribution in [1.82, 2.24) is 0 Å². The fraction of sp³-hybridized carbons (Fsp3) is 0.500. The molecule has 0 heterocycles. The van der Waals surface area contributed by atoms with Crippen LogP contribution in [0.3, 0.4) is 0 Å². The Morgan fingerprint density at radius 1 is 1.24 bits per heavy atom. The minimum atomic E-state index is -4.34. The van der Waals surface area contributed by atoms with Gasteiger partial charge in [-0.05, 0) is 38.5 Å². The van der Waals surface area contributed by atoms with Gasteiger partial charge in [0.25, 0.3) is 0 Å². The van der Waals surface area contributed by atoms with Gasteiger partial charge in [-0.25, -0.2) is 0 Å². The lowest BCUT2D eigenvalue weighted by atomic mass is 10.0. The van der Waals surface area contributed by atoms with E-state index in [-0.39, 0.29) is 11.2 Å². The van der Waals surface area contributed by atoms with Gasteiger partial charge in [-0.15, -0.1) is 0 Å². The number of hydrogen-bond acceptors (Lipinski definition) is 1. The van der Waals surface area contributed by atoms with Crippen molar-refractivity contribution in [2.24, 2.45) is 0 Å². The lowest BCUT2D eigenvalue weighted by molar-refractivity contribution is -0.137. The highest BCUT2D eigenvalue weighted by Crippen LogP contribution is 2.37. The zero-order chi connectivity index (χ0) is 13.3. The van der Waals surface area contributed by atoms with Crippen LogP contribution in [0, 0.1) is 0 Å². The van der Waals surface area contributed by atoms with Crippen LogP contribution in [0.15, 0.2) is 22.7 Å². The third kappa shape index (κ3) is 3.91. The van der Waals surface area contributed by atoms with Crippen molar-refractivity contribution < 1.29 is 13.2 Å². The molecule has 0 aromatic heterocycles. The van der Waals surface area contributed by atoms with E-state index < -0.39 is 11.7 Å². The highest BCUT2D eigenvalue weighted by Gasteiger charge is 2.34. The number of benzene rings is 1. The van der Waals surface area contributed by atoms with E-state index in [4.69, 9.17) is 0 Å². The Labute approximate surface area is 108 Å². The normalized spacial score (nSPS) is 12.6. The highest BCUT2D eigenvalue weighted by molar-refractivity contribution is 9.10. The topological polar surface area (TPSA) is 12.0 Å². The molecule has 0 saturated heterocycles. The molecule has 0 atom stereocenters. The summed E-state index contributed by atoms with van der Waals surface area (Å²) < 4.78 is 39.0. The Balaban J connectivity index is 3.17. The summed E-state index contributed by atoms with van der Waals surface area (Å²) >= 11 is 3.19. The van der Waals surface area contributed by atoms with Gasteiger partial charge in [-0.3, -0.25) is 0 Å². The Hall–Kier alpha value is -0.710. The largest absolute Gasteiger partial charge is 0.418 e. The first-order valence-corrected chi connectivity index (χ1v) is 6.10. The molecule has 1 nitrogen and oxygen atoms in total. The monoisotopic (exact) mass is 309 g/mol. The maximum atomic E-state index is 12.8. The molecule has 5 heteroatoms. The van der Waals surface area contributed by atoms with Crippen LogP contribution in [-0.4, -0.2) is 5.54 Å². The zero-order valence-electron chi connectivity index (χ0n) is 9.95. The van der Waals surface area contributed by atoms with Gasteiger partial charge >= 0.3 is 6.18 Å². The van der Waals surface area contributed by atoms with Gasteiger partial charge in [-0.2, -0.15) is 13.2 Å². The molecule has 0 aliphatic rings. The minimum Gasteiger partial charge on any atom is -0.380 e. The second-order valence-corrected chi connectivity index (χ2v) is 5.47. The van der Waals surface area contributed by atoms with Crippen molar-refractivity contribution in [3.8, 4) is 0 Å². The molecular formula is C12H15BrF3N. The first-order valence-electron chi connectivity index (χ1n) is 5.30. The molecule has 0 radical (unpaired) electrons. The van der Waals surface area contributed by atoms with Crippen LogP contribution in [0.25, 0.3) is 0 Å². The van der Waals surface area contributed by atoms with E-state index in [1.54, 1.807) is 0 Å². The summed E-state index contributed by atoms with van der Waals surface area (Å²) in [5.74, 6) is 0. The van der Waals surface area contributed by atoms with Crippen LogP contribution >= 0.6 is 15.9 Å². The van der Waals surface area contributed by atoms with Gasteiger partial charge in [0.15, 0.2) is 0 Å². The van der Waals surface area contributed by atoms with Crippen LogP contribution in [0.5, 0.6) is 0 Å². The maximum absolute atomic E-state index is 12.8. The molecule has 17 heavy (non-hydrogen) atoms. The summed E-state index contributed by atoms with van der Waals surface area (Å²) in [7, 11) is 0. The lowest BCUT2D eigenvalue weighted by Crippen LogP contribution is -2.30. The summed E-state index contributed by atoms with van der Waals surface area (Å²) in [6, 6.07) is 3.94. The van der Waals surface area contributed by atoms with Crippen molar-refractivity contribution in [3.05, 3.63) is 28.2 Å². The predicted octanol–water partition coefficient (Wildman–Crippen LogP) is 5.07. The molecule has 0 aliphatic heterocycles. The molecular weight excluding hydrogens is 295 g/mol. The standard InChI is InChI=1S/C12H15BrF3N/c1-4-11(2,3)17-10-7-8(13)5-6-9(10)12(14,15)16/h5-7,17H,4H2,1-3H3. The van der Waals surface area contributed by atoms with Crippen molar-refractivity contribution >= 4 is 21.6 Å². The average molecular weight is 310 g/mol. The summed E-state index contributed by atoms with van der Waals surface area (Å²) in [5, 5.41) is 2.93. The van der Waals surface area contributed by atoms with Crippen LogP contribution in [0.2, 0.25) is 0 Å². The molecule has 0 fully saturated rings. The number of hydrogen-bond donors (Lipinski definition) is 1. The van der Waals surface area contributed by atoms with Gasteiger partial charge in [0.05, 0.1) is 5.56 Å². The molecule has 1 aromatic carbocycles. The van der Waals surface area contributed by atoms with Gasteiger partial charge < -0.3 is 5.32 Å². The summed E-state index contributed by atoms with van der Waals surface area (Å²) in [6.45, 7) is 5.67. The smallest absolute Gasteiger partial charge is 0.380 e. The van der Waals surface area contributed by atoms with E-state index in [1.165, 1.54) is 12.1 Å². The van der Waals surface area contributed by atoms with E-state index in [9.17, 15) is 13.2 Å². The van der Waals surface area contributed by atoms with Crippen LogP contribution in [-0.2, 0) is 6.18 Å². The zero-order valence-corrected chi connectivity index (χ0v) is 11.5. The molecule has 1 N–H and O–H groups in total. The number of nitrogens with one attached hydrogen (secondary N) is 1. The number of alkyl halides is 3. The minimum absolute atomic E-state index is 0.110. The van der Waals surface area contributed by atoms with Gasteiger partial charge in [0.2, 0.25) is 0 Å². The van der Waals surface area contributed by atoms with Crippen molar-refractivity contribution in [1.29, 1.82) is 0 Å². The van der Waals surface area contributed by atoms with E-state index in [0.717, 1.165) is 12.5 Å². The maximum Gasteiger partial charge on any atom is 0.418 e. The predicted molar refractivity (Wildman–Crippen MR) is 67.1 cm³/mol. The number of anilines is 1. The van der Waals surface area contributed by atoms with Crippen molar-refractivity contribution in [3.63, 3.8) is 0 Å². The fourth-order valence-corrected chi connectivity index (χ4v) is 1.68. The van der Waals surface area contributed by atoms with Crippen molar-refractivity contribution in [2.75, 3.05) is 5.32 Å². The molecule has 0 amide bonds. The second kappa shape index (κ2) is 4.88. The summed E-state index contributed by atoms with van der Waals surface area (Å²) in [5.41, 5.74) is -0.901. The summed E-state index contributed by atoms with van der Waals surface area (Å²) in [4.78, 5) is 0. The Bertz CT molecular complexity index is 399. The number of halogens is 4. The van der Waals surface area contributed by atoms with E-state index in [2.05, 4.69) is 21.2 Å². The van der Waals surface area contributed by atoms with E-state index in [1.807, 2.05) is 20.8 Å². The Kier molecular flexibility index (Phi) is 4.12. The lowest BCUT2D eigenvalue weighted by Gasteiger charge is -2.28. The SMILES string of the molecule is CCC(C)(C)Nc1cc(Br)ccc1C(F)(F)F. The third-order valence-electron chi connectivity index (χ3n) is 2.64. The highest BCUT2D eigenvalue weighted by atomic mass is 79.9. The molecule has 0 unspecified atom stereocenters. The van der Waals surface area contributed by atoms with Gasteiger partial charge in [-0.1, -0.05) is 22.9 Å². The van der Waals surface area contributed by atoms with Crippen LogP contribution in [0.4, 0.5) is 18.9 Å². The molecule has 96 valence electrons. The van der Waals surface area contributed by atoms with Gasteiger partial charge in [0, 0.05) is 15.7 Å². The molecule has 1 aromatic rings.